The maximum Gasteiger partial charge on any atom is 0.274 e. The van der Waals surface area contributed by atoms with Gasteiger partial charge in [-0.2, -0.15) is 10.5 Å². The summed E-state index contributed by atoms with van der Waals surface area (Å²) in [6, 6.07) is 5.60. The van der Waals surface area contributed by atoms with Gasteiger partial charge in [-0.25, -0.2) is 0 Å². The summed E-state index contributed by atoms with van der Waals surface area (Å²) in [6.45, 7) is 3.92. The number of hydrogen-bond acceptors (Lipinski definition) is 4. The number of benzene rings is 1. The average Bonchev–Trinajstić information content (AvgIpc) is 2.41. The van der Waals surface area contributed by atoms with Crippen molar-refractivity contribution in [2.24, 2.45) is 0 Å². The van der Waals surface area contributed by atoms with Crippen molar-refractivity contribution in [1.29, 1.82) is 10.5 Å². The summed E-state index contributed by atoms with van der Waals surface area (Å²) in [4.78, 5) is 10.8. The lowest BCUT2D eigenvalue weighted by atomic mass is 9.89. The number of aryl methyl sites for hydroxylation is 1. The van der Waals surface area contributed by atoms with Gasteiger partial charge in [0.05, 0.1) is 29.0 Å². The molecule has 0 unspecified atom stereocenters. The van der Waals surface area contributed by atoms with E-state index < -0.39 is 4.92 Å². The van der Waals surface area contributed by atoms with Gasteiger partial charge in [-0.05, 0) is 24.0 Å². The molecular formula is C15H17N3O2. The zero-order valence-electron chi connectivity index (χ0n) is 11.8. The van der Waals surface area contributed by atoms with Crippen LogP contribution in [0.25, 0.3) is 0 Å². The molecule has 1 aromatic rings. The Bertz CT molecular complexity index is 595. The fourth-order valence-corrected chi connectivity index (χ4v) is 2.39. The predicted octanol–water partition coefficient (Wildman–Crippen LogP) is 3.44. The molecule has 0 amide bonds. The van der Waals surface area contributed by atoms with Crippen molar-refractivity contribution in [3.8, 4) is 12.1 Å². The fraction of sp³-hybridized carbons (Fsp3) is 0.467. The molecule has 0 aromatic heterocycles. The third kappa shape index (κ3) is 3.13. The van der Waals surface area contributed by atoms with Crippen LogP contribution in [0.2, 0.25) is 0 Å². The molecule has 0 bridgehead atoms. The van der Waals surface area contributed by atoms with Gasteiger partial charge in [-0.3, -0.25) is 10.1 Å². The van der Waals surface area contributed by atoms with Crippen molar-refractivity contribution < 1.29 is 4.92 Å². The highest BCUT2D eigenvalue weighted by molar-refractivity contribution is 5.58. The van der Waals surface area contributed by atoms with Crippen molar-refractivity contribution in [2.45, 2.75) is 46.0 Å². The van der Waals surface area contributed by atoms with Crippen molar-refractivity contribution in [2.75, 3.05) is 0 Å². The van der Waals surface area contributed by atoms with Crippen LogP contribution in [0.4, 0.5) is 5.69 Å². The van der Waals surface area contributed by atoms with E-state index in [9.17, 15) is 15.4 Å². The monoisotopic (exact) mass is 271 g/mol. The molecule has 0 aliphatic heterocycles. The number of nitro benzene ring substituents is 1. The molecule has 5 heteroatoms. The first-order valence-corrected chi connectivity index (χ1v) is 6.69. The van der Waals surface area contributed by atoms with Gasteiger partial charge in [0.25, 0.3) is 5.69 Å². The van der Waals surface area contributed by atoms with Gasteiger partial charge < -0.3 is 0 Å². The Labute approximate surface area is 118 Å². The molecule has 0 radical (unpaired) electrons. The number of nitriles is 2. The summed E-state index contributed by atoms with van der Waals surface area (Å²) in [6.07, 6.45) is 2.77. The molecule has 0 aliphatic rings. The standard InChI is InChI=1S/C15H17N3O2/c1-3-5-11-9-15(18(19)20)13(7-8-16)12(6-4-2)14(11)10-17/h9H,3-7H2,1-2H3. The van der Waals surface area contributed by atoms with Gasteiger partial charge in [0.15, 0.2) is 0 Å². The predicted molar refractivity (Wildman–Crippen MR) is 75.1 cm³/mol. The Morgan fingerprint density at radius 2 is 1.85 bits per heavy atom. The van der Waals surface area contributed by atoms with E-state index in [0.717, 1.165) is 12.8 Å². The minimum absolute atomic E-state index is 0.0301. The minimum atomic E-state index is -0.452. The van der Waals surface area contributed by atoms with Gasteiger partial charge >= 0.3 is 0 Å². The first kappa shape index (κ1) is 15.7. The summed E-state index contributed by atoms with van der Waals surface area (Å²) < 4.78 is 0. The normalized spacial score (nSPS) is 9.80. The van der Waals surface area contributed by atoms with Crippen LogP contribution in [0, 0.1) is 32.8 Å². The smallest absolute Gasteiger partial charge is 0.258 e. The lowest BCUT2D eigenvalue weighted by molar-refractivity contribution is -0.385. The molecule has 0 aliphatic carbocycles. The van der Waals surface area contributed by atoms with Crippen molar-refractivity contribution >= 4 is 5.69 Å². The first-order chi connectivity index (χ1) is 9.60. The van der Waals surface area contributed by atoms with E-state index in [0.29, 0.717) is 35.1 Å². The highest BCUT2D eigenvalue weighted by Crippen LogP contribution is 2.31. The Balaban J connectivity index is 3.66. The van der Waals surface area contributed by atoms with Crippen LogP contribution in [0.15, 0.2) is 6.07 Å². The lowest BCUT2D eigenvalue weighted by Crippen LogP contribution is -2.07. The van der Waals surface area contributed by atoms with E-state index >= 15 is 0 Å². The summed E-state index contributed by atoms with van der Waals surface area (Å²) >= 11 is 0. The second kappa shape index (κ2) is 7.25. The SMILES string of the molecule is CCCc1cc([N+](=O)[O-])c(CC#N)c(CCC)c1C#N. The Hall–Kier alpha value is -2.40. The van der Waals surface area contributed by atoms with Crippen LogP contribution in [0.1, 0.15) is 48.9 Å². The average molecular weight is 271 g/mol. The Morgan fingerprint density at radius 3 is 2.30 bits per heavy atom. The van der Waals surface area contributed by atoms with Crippen molar-refractivity contribution in [3.63, 3.8) is 0 Å². The molecule has 0 atom stereocenters. The molecule has 1 rings (SSSR count). The lowest BCUT2D eigenvalue weighted by Gasteiger charge is -2.13. The van der Waals surface area contributed by atoms with Crippen LogP contribution < -0.4 is 0 Å². The van der Waals surface area contributed by atoms with Gasteiger partial charge in [0.2, 0.25) is 0 Å². The van der Waals surface area contributed by atoms with E-state index in [-0.39, 0.29) is 12.1 Å². The maximum atomic E-state index is 11.2. The van der Waals surface area contributed by atoms with Gasteiger partial charge in [0.1, 0.15) is 0 Å². The van der Waals surface area contributed by atoms with Crippen molar-refractivity contribution in [1.82, 2.24) is 0 Å². The number of nitro groups is 1. The topological polar surface area (TPSA) is 90.7 Å². The van der Waals surface area contributed by atoms with Crippen LogP contribution in [-0.4, -0.2) is 4.92 Å². The molecule has 104 valence electrons. The molecule has 5 nitrogen and oxygen atoms in total. The molecule has 1 aromatic carbocycles. The molecular weight excluding hydrogens is 254 g/mol. The minimum Gasteiger partial charge on any atom is -0.258 e. The third-order valence-corrected chi connectivity index (χ3v) is 3.19. The van der Waals surface area contributed by atoms with E-state index in [1.165, 1.54) is 6.07 Å². The van der Waals surface area contributed by atoms with Gasteiger partial charge in [0, 0.05) is 11.6 Å². The van der Waals surface area contributed by atoms with Crippen LogP contribution >= 0.6 is 0 Å². The second-order valence-electron chi connectivity index (χ2n) is 4.59. The molecule has 0 N–H and O–H groups in total. The van der Waals surface area contributed by atoms with E-state index in [2.05, 4.69) is 6.07 Å². The quantitative estimate of drug-likeness (QED) is 0.585. The summed E-state index contributed by atoms with van der Waals surface area (Å²) in [5.74, 6) is 0. The van der Waals surface area contributed by atoms with E-state index in [4.69, 9.17) is 5.26 Å². The van der Waals surface area contributed by atoms with Gasteiger partial charge in [-0.1, -0.05) is 26.7 Å². The highest BCUT2D eigenvalue weighted by atomic mass is 16.6. The molecule has 0 saturated heterocycles. The number of hydrogen-bond donors (Lipinski definition) is 0. The molecule has 20 heavy (non-hydrogen) atoms. The fourth-order valence-electron chi connectivity index (χ4n) is 2.39. The second-order valence-corrected chi connectivity index (χ2v) is 4.59. The van der Waals surface area contributed by atoms with Gasteiger partial charge in [-0.15, -0.1) is 0 Å². The van der Waals surface area contributed by atoms with Crippen molar-refractivity contribution in [3.05, 3.63) is 38.4 Å². The molecule has 0 heterocycles. The zero-order chi connectivity index (χ0) is 15.1. The van der Waals surface area contributed by atoms with E-state index in [1.54, 1.807) is 0 Å². The number of nitrogens with zero attached hydrogens (tertiary/aromatic N) is 3. The zero-order valence-corrected chi connectivity index (χ0v) is 11.8. The third-order valence-electron chi connectivity index (χ3n) is 3.19. The van der Waals surface area contributed by atoms with E-state index in [1.807, 2.05) is 19.9 Å². The molecule has 0 spiro atoms. The van der Waals surface area contributed by atoms with Crippen LogP contribution in [0.5, 0.6) is 0 Å². The molecule has 0 fully saturated rings. The molecule has 0 saturated carbocycles. The number of rotatable bonds is 6. The van der Waals surface area contributed by atoms with Crippen LogP contribution in [0.3, 0.4) is 0 Å². The summed E-state index contributed by atoms with van der Waals surface area (Å²) in [5, 5.41) is 29.5. The van der Waals surface area contributed by atoms with Crippen LogP contribution in [-0.2, 0) is 19.3 Å². The largest absolute Gasteiger partial charge is 0.274 e. The first-order valence-electron chi connectivity index (χ1n) is 6.69. The highest BCUT2D eigenvalue weighted by Gasteiger charge is 2.23. The maximum absolute atomic E-state index is 11.2. The summed E-state index contributed by atoms with van der Waals surface area (Å²) in [7, 11) is 0. The Kier molecular flexibility index (Phi) is 5.68. The summed E-state index contributed by atoms with van der Waals surface area (Å²) in [5.41, 5.74) is 2.28. The Morgan fingerprint density at radius 1 is 1.20 bits per heavy atom.